The lowest BCUT2D eigenvalue weighted by molar-refractivity contribution is 0.0170. The van der Waals surface area contributed by atoms with Crippen molar-refractivity contribution >= 4 is 6.47 Å². The molecule has 0 heterocycles. The minimum atomic E-state index is 0.0522. The molecule has 3 heteroatoms. The fourth-order valence-electron chi connectivity index (χ4n) is 1.01. The highest BCUT2D eigenvalue weighted by atomic mass is 16.6. The lowest BCUT2D eigenvalue weighted by Gasteiger charge is -2.14. The van der Waals surface area contributed by atoms with Gasteiger partial charge in [-0.3, -0.25) is 0 Å². The number of hydrogen-bond acceptors (Lipinski definition) is 3. The summed E-state index contributed by atoms with van der Waals surface area (Å²) in [6.07, 6.45) is 3.24. The van der Waals surface area contributed by atoms with Gasteiger partial charge in [0.05, 0.1) is 6.10 Å². The molecule has 0 N–H and O–H groups in total. The molecule has 0 fully saturated rings. The highest BCUT2D eigenvalue weighted by Crippen LogP contribution is 2.04. The van der Waals surface area contributed by atoms with Crippen LogP contribution in [-0.2, 0) is 14.3 Å². The molecule has 0 aromatic carbocycles. The van der Waals surface area contributed by atoms with Crippen molar-refractivity contribution in [3.63, 3.8) is 0 Å². The zero-order valence-electron chi connectivity index (χ0n) is 7.84. The van der Waals surface area contributed by atoms with Crippen LogP contribution in [0.5, 0.6) is 0 Å². The van der Waals surface area contributed by atoms with Crippen molar-refractivity contribution in [2.24, 2.45) is 0 Å². The first-order valence-electron chi connectivity index (χ1n) is 4.45. The van der Waals surface area contributed by atoms with E-state index in [1.54, 1.807) is 0 Å². The van der Waals surface area contributed by atoms with E-state index in [4.69, 9.17) is 4.74 Å². The van der Waals surface area contributed by atoms with Gasteiger partial charge in [0.1, 0.15) is 6.61 Å². The van der Waals surface area contributed by atoms with E-state index in [-0.39, 0.29) is 6.10 Å². The molecule has 1 radical (unpaired) electrons. The van der Waals surface area contributed by atoms with E-state index in [1.165, 1.54) is 6.47 Å². The maximum absolute atomic E-state index is 9.78. The van der Waals surface area contributed by atoms with Crippen molar-refractivity contribution in [3.8, 4) is 0 Å². The molecule has 1 atom stereocenters. The average Bonchev–Trinajstić information content (AvgIpc) is 2.10. The van der Waals surface area contributed by atoms with Gasteiger partial charge >= 0.3 is 6.47 Å². The SMILES string of the molecule is CCCCC(CO[C]=O)OCC. The normalized spacial score (nSPS) is 12.5. The second kappa shape index (κ2) is 8.53. The van der Waals surface area contributed by atoms with Crippen LogP contribution in [0, 0.1) is 0 Å². The number of carbonyl (C=O) groups excluding carboxylic acids is 1. The maximum Gasteiger partial charge on any atom is 0.417 e. The molecule has 0 saturated heterocycles. The van der Waals surface area contributed by atoms with E-state index in [1.807, 2.05) is 6.92 Å². The summed E-state index contributed by atoms with van der Waals surface area (Å²) in [5, 5.41) is 0. The van der Waals surface area contributed by atoms with Crippen molar-refractivity contribution in [1.82, 2.24) is 0 Å². The maximum atomic E-state index is 9.78. The third kappa shape index (κ3) is 6.16. The average molecular weight is 173 g/mol. The van der Waals surface area contributed by atoms with Crippen LogP contribution < -0.4 is 0 Å². The molecule has 0 aromatic rings. The molecule has 3 nitrogen and oxygen atoms in total. The molecule has 1 unspecified atom stereocenters. The Bertz CT molecular complexity index is 104. The smallest absolute Gasteiger partial charge is 0.417 e. The molecule has 0 aromatic heterocycles. The third-order valence-electron chi connectivity index (χ3n) is 1.61. The Morgan fingerprint density at radius 2 is 2.17 bits per heavy atom. The molecule has 0 rings (SSSR count). The highest BCUT2D eigenvalue weighted by molar-refractivity contribution is 5.38. The van der Waals surface area contributed by atoms with Gasteiger partial charge in [0.25, 0.3) is 0 Å². The predicted octanol–water partition coefficient (Wildman–Crippen LogP) is 1.67. The highest BCUT2D eigenvalue weighted by Gasteiger charge is 2.07. The summed E-state index contributed by atoms with van der Waals surface area (Å²) in [5.41, 5.74) is 0. The van der Waals surface area contributed by atoms with Crippen molar-refractivity contribution in [3.05, 3.63) is 0 Å². The molecule has 12 heavy (non-hydrogen) atoms. The molecule has 0 aliphatic rings. The second-order valence-electron chi connectivity index (χ2n) is 2.61. The summed E-state index contributed by atoms with van der Waals surface area (Å²) < 4.78 is 9.86. The number of ether oxygens (including phenoxy) is 2. The van der Waals surface area contributed by atoms with Crippen molar-refractivity contribution in [1.29, 1.82) is 0 Å². The van der Waals surface area contributed by atoms with Crippen LogP contribution in [-0.4, -0.2) is 25.8 Å². The zero-order chi connectivity index (χ0) is 9.23. The lowest BCUT2D eigenvalue weighted by Crippen LogP contribution is -2.19. The van der Waals surface area contributed by atoms with Crippen molar-refractivity contribution < 1.29 is 14.3 Å². The quantitative estimate of drug-likeness (QED) is 0.560. The lowest BCUT2D eigenvalue weighted by atomic mass is 10.2. The van der Waals surface area contributed by atoms with E-state index in [9.17, 15) is 4.79 Å². The molecule has 71 valence electrons. The van der Waals surface area contributed by atoms with Gasteiger partial charge in [-0.25, -0.2) is 4.79 Å². The molecular formula is C9H17O3. The third-order valence-corrected chi connectivity index (χ3v) is 1.61. The van der Waals surface area contributed by atoms with Gasteiger partial charge in [0, 0.05) is 6.61 Å². The zero-order valence-corrected chi connectivity index (χ0v) is 7.84. The summed E-state index contributed by atoms with van der Waals surface area (Å²) >= 11 is 0. The first-order chi connectivity index (χ1) is 5.85. The van der Waals surface area contributed by atoms with Crippen LogP contribution in [0.15, 0.2) is 0 Å². The largest absolute Gasteiger partial charge is 0.455 e. The Kier molecular flexibility index (Phi) is 8.12. The molecular weight excluding hydrogens is 156 g/mol. The molecule has 0 aliphatic heterocycles. The Balaban J connectivity index is 3.46. The van der Waals surface area contributed by atoms with Crippen LogP contribution in [0.4, 0.5) is 0 Å². The fourth-order valence-corrected chi connectivity index (χ4v) is 1.01. The van der Waals surface area contributed by atoms with Gasteiger partial charge in [-0.2, -0.15) is 0 Å². The molecule has 0 aliphatic carbocycles. The second-order valence-corrected chi connectivity index (χ2v) is 2.61. The van der Waals surface area contributed by atoms with Gasteiger partial charge < -0.3 is 9.47 Å². The van der Waals surface area contributed by atoms with E-state index in [0.717, 1.165) is 19.3 Å². The van der Waals surface area contributed by atoms with Gasteiger partial charge in [-0.15, -0.1) is 0 Å². The van der Waals surface area contributed by atoms with Crippen molar-refractivity contribution in [2.75, 3.05) is 13.2 Å². The first kappa shape index (κ1) is 11.4. The fraction of sp³-hybridized carbons (Fsp3) is 0.889. The summed E-state index contributed by atoms with van der Waals surface area (Å²) in [4.78, 5) is 9.78. The van der Waals surface area contributed by atoms with E-state index in [0.29, 0.717) is 13.2 Å². The number of hydrogen-bond donors (Lipinski definition) is 0. The van der Waals surface area contributed by atoms with Gasteiger partial charge in [-0.1, -0.05) is 19.8 Å². The Morgan fingerprint density at radius 1 is 1.42 bits per heavy atom. The van der Waals surface area contributed by atoms with Crippen LogP contribution in [0.1, 0.15) is 33.1 Å². The Labute approximate surface area is 74.0 Å². The Morgan fingerprint density at radius 3 is 2.67 bits per heavy atom. The standard InChI is InChI=1S/C9H17O3/c1-3-5-6-9(12-4-2)7-11-8-10/h9H,3-7H2,1-2H3. The molecule has 0 saturated carbocycles. The summed E-state index contributed by atoms with van der Waals surface area (Å²) in [5.74, 6) is 0. The van der Waals surface area contributed by atoms with Crippen molar-refractivity contribution in [2.45, 2.75) is 39.2 Å². The Hall–Kier alpha value is -0.570. The molecule has 0 amide bonds. The van der Waals surface area contributed by atoms with E-state index >= 15 is 0 Å². The van der Waals surface area contributed by atoms with Gasteiger partial charge in [0.2, 0.25) is 0 Å². The molecule has 0 spiro atoms. The topological polar surface area (TPSA) is 35.5 Å². The minimum absolute atomic E-state index is 0.0522. The monoisotopic (exact) mass is 173 g/mol. The van der Waals surface area contributed by atoms with E-state index in [2.05, 4.69) is 11.7 Å². The van der Waals surface area contributed by atoms with Gasteiger partial charge in [-0.05, 0) is 13.3 Å². The summed E-state index contributed by atoms with van der Waals surface area (Å²) in [6.45, 7) is 6.45. The molecule has 0 bridgehead atoms. The summed E-state index contributed by atoms with van der Waals surface area (Å²) in [6, 6.07) is 0. The number of rotatable bonds is 8. The van der Waals surface area contributed by atoms with Crippen LogP contribution in [0.25, 0.3) is 0 Å². The first-order valence-corrected chi connectivity index (χ1v) is 4.45. The predicted molar refractivity (Wildman–Crippen MR) is 46.6 cm³/mol. The van der Waals surface area contributed by atoms with E-state index < -0.39 is 0 Å². The number of unbranched alkanes of at least 4 members (excludes halogenated alkanes) is 1. The minimum Gasteiger partial charge on any atom is -0.455 e. The van der Waals surface area contributed by atoms with Crippen LogP contribution in [0.2, 0.25) is 0 Å². The van der Waals surface area contributed by atoms with Crippen LogP contribution >= 0.6 is 0 Å². The van der Waals surface area contributed by atoms with Gasteiger partial charge in [0.15, 0.2) is 0 Å². The van der Waals surface area contributed by atoms with Crippen LogP contribution in [0.3, 0.4) is 0 Å². The summed E-state index contributed by atoms with van der Waals surface area (Å²) in [7, 11) is 0.